The number of aryl methyl sites for hydroxylation is 1. The number of piperazine rings is 1. The number of nitrogens with one attached hydrogen (secondary N) is 2. The number of anilines is 1. The van der Waals surface area contributed by atoms with Gasteiger partial charge < -0.3 is 20.1 Å². The van der Waals surface area contributed by atoms with E-state index < -0.39 is 0 Å². The van der Waals surface area contributed by atoms with Crippen molar-refractivity contribution in [1.82, 2.24) is 25.2 Å². The minimum Gasteiger partial charge on any atom is -0.367 e. The summed E-state index contributed by atoms with van der Waals surface area (Å²) in [5, 5.41) is 3.72. The highest BCUT2D eigenvalue weighted by molar-refractivity contribution is 5.89. The van der Waals surface area contributed by atoms with Crippen LogP contribution in [0.5, 0.6) is 0 Å². The molecular formula is C23H30N6. The van der Waals surface area contributed by atoms with E-state index in [1.165, 1.54) is 29.8 Å². The van der Waals surface area contributed by atoms with Crippen LogP contribution in [0.2, 0.25) is 0 Å². The van der Waals surface area contributed by atoms with Gasteiger partial charge >= 0.3 is 0 Å². The number of aromatic amines is 1. The van der Waals surface area contributed by atoms with Crippen molar-refractivity contribution in [1.29, 1.82) is 0 Å². The molecule has 1 atom stereocenters. The van der Waals surface area contributed by atoms with Crippen LogP contribution in [0, 0.1) is 0 Å². The molecule has 1 aromatic carbocycles. The van der Waals surface area contributed by atoms with Crippen molar-refractivity contribution in [2.24, 2.45) is 0 Å². The van der Waals surface area contributed by atoms with Gasteiger partial charge in [-0.25, -0.2) is 4.98 Å². The number of hydrogen-bond donors (Lipinski definition) is 2. The maximum atomic E-state index is 4.87. The zero-order valence-corrected chi connectivity index (χ0v) is 17.2. The van der Waals surface area contributed by atoms with Gasteiger partial charge in [0.05, 0.1) is 35.0 Å². The van der Waals surface area contributed by atoms with E-state index in [0.29, 0.717) is 6.04 Å². The Morgan fingerprint density at radius 3 is 2.90 bits per heavy atom. The van der Waals surface area contributed by atoms with E-state index in [-0.39, 0.29) is 0 Å². The zero-order valence-electron chi connectivity index (χ0n) is 17.2. The molecule has 1 unspecified atom stereocenters. The molecule has 0 amide bonds. The fourth-order valence-electron chi connectivity index (χ4n) is 4.66. The van der Waals surface area contributed by atoms with Crippen molar-refractivity contribution >= 4 is 16.7 Å². The van der Waals surface area contributed by atoms with Crippen LogP contribution in [-0.2, 0) is 13.0 Å². The first kappa shape index (κ1) is 18.6. The van der Waals surface area contributed by atoms with E-state index >= 15 is 0 Å². The molecule has 152 valence electrons. The molecule has 2 aromatic heterocycles. The Hall–Kier alpha value is -2.44. The number of rotatable bonds is 4. The highest BCUT2D eigenvalue weighted by atomic mass is 15.3. The molecule has 0 bridgehead atoms. The third kappa shape index (κ3) is 3.87. The molecule has 6 nitrogen and oxygen atoms in total. The Morgan fingerprint density at radius 1 is 1.10 bits per heavy atom. The predicted molar refractivity (Wildman–Crippen MR) is 117 cm³/mol. The summed E-state index contributed by atoms with van der Waals surface area (Å²) in [5.41, 5.74) is 6.10. The smallest absolute Gasteiger partial charge is 0.121 e. The van der Waals surface area contributed by atoms with Crippen LogP contribution in [-0.4, -0.2) is 53.1 Å². The van der Waals surface area contributed by atoms with Gasteiger partial charge in [0, 0.05) is 32.4 Å². The lowest BCUT2D eigenvalue weighted by Gasteiger charge is -2.34. The van der Waals surface area contributed by atoms with Crippen molar-refractivity contribution in [3.63, 3.8) is 0 Å². The third-order valence-corrected chi connectivity index (χ3v) is 6.35. The molecule has 1 fully saturated rings. The van der Waals surface area contributed by atoms with Gasteiger partial charge in [0.1, 0.15) is 5.82 Å². The second kappa shape index (κ2) is 8.13. The first-order valence-corrected chi connectivity index (χ1v) is 10.9. The maximum absolute atomic E-state index is 4.87. The van der Waals surface area contributed by atoms with Gasteiger partial charge in [0.25, 0.3) is 0 Å². The lowest BCUT2D eigenvalue weighted by atomic mass is 10.1. The SMILES string of the molecule is CN1CCN(c2cccc3nc(CNC4CCCCc5cccnc54)[nH]c23)CC1. The molecule has 1 aliphatic heterocycles. The quantitative estimate of drug-likeness (QED) is 0.670. The van der Waals surface area contributed by atoms with Crippen LogP contribution in [0.1, 0.15) is 42.4 Å². The van der Waals surface area contributed by atoms with Crippen LogP contribution in [0.4, 0.5) is 5.69 Å². The second-order valence-corrected chi connectivity index (χ2v) is 8.37. The molecule has 6 heteroatoms. The number of hydrogen-bond acceptors (Lipinski definition) is 5. The number of H-pyrrole nitrogens is 1. The Labute approximate surface area is 172 Å². The number of benzene rings is 1. The Kier molecular flexibility index (Phi) is 5.21. The standard InChI is InChI=1S/C23H30N6/c1-28-12-14-29(15-13-28)20-10-4-9-19-23(20)27-21(26-19)16-25-18-8-3-2-6-17-7-5-11-24-22(17)18/h4-5,7,9-11,18,25H,2-3,6,8,12-16H2,1H3,(H,26,27). The van der Waals surface area contributed by atoms with E-state index in [1.807, 2.05) is 6.20 Å². The molecule has 0 spiro atoms. The molecule has 5 rings (SSSR count). The van der Waals surface area contributed by atoms with Crippen molar-refractivity contribution in [2.45, 2.75) is 38.3 Å². The van der Waals surface area contributed by atoms with Crippen molar-refractivity contribution in [2.75, 3.05) is 38.1 Å². The molecule has 3 heterocycles. The topological polar surface area (TPSA) is 60.1 Å². The van der Waals surface area contributed by atoms with Crippen molar-refractivity contribution in [3.05, 3.63) is 53.6 Å². The van der Waals surface area contributed by atoms with E-state index in [1.54, 1.807) is 0 Å². The first-order valence-electron chi connectivity index (χ1n) is 10.9. The molecule has 3 aromatic rings. The van der Waals surface area contributed by atoms with Gasteiger partial charge in [0.2, 0.25) is 0 Å². The Balaban J connectivity index is 1.35. The first-order chi connectivity index (χ1) is 14.3. The normalized spacial score (nSPS) is 20.6. The summed E-state index contributed by atoms with van der Waals surface area (Å²) in [4.78, 5) is 18.0. The molecule has 29 heavy (non-hydrogen) atoms. The molecule has 1 saturated heterocycles. The molecule has 2 aliphatic rings. The summed E-state index contributed by atoms with van der Waals surface area (Å²) >= 11 is 0. The monoisotopic (exact) mass is 390 g/mol. The fraction of sp³-hybridized carbons (Fsp3) is 0.478. The van der Waals surface area contributed by atoms with E-state index in [0.717, 1.165) is 62.4 Å². The minimum absolute atomic E-state index is 0.305. The summed E-state index contributed by atoms with van der Waals surface area (Å²) in [6, 6.07) is 11.0. The van der Waals surface area contributed by atoms with Gasteiger partial charge in [-0.1, -0.05) is 18.6 Å². The summed E-state index contributed by atoms with van der Waals surface area (Å²) in [5.74, 6) is 1.00. The number of pyridine rings is 1. The summed E-state index contributed by atoms with van der Waals surface area (Å²) < 4.78 is 0. The van der Waals surface area contributed by atoms with Crippen molar-refractivity contribution in [3.8, 4) is 0 Å². The molecule has 0 saturated carbocycles. The number of likely N-dealkylation sites (N-methyl/N-ethyl adjacent to an activating group) is 1. The highest BCUT2D eigenvalue weighted by Crippen LogP contribution is 2.28. The predicted octanol–water partition coefficient (Wildman–Crippen LogP) is 3.27. The number of aromatic nitrogens is 3. The number of fused-ring (bicyclic) bond motifs is 2. The molecular weight excluding hydrogens is 360 g/mol. The van der Waals surface area contributed by atoms with Crippen LogP contribution in [0.15, 0.2) is 36.5 Å². The Bertz CT molecular complexity index is 972. The van der Waals surface area contributed by atoms with E-state index in [4.69, 9.17) is 9.97 Å². The fourth-order valence-corrected chi connectivity index (χ4v) is 4.66. The number of para-hydroxylation sites is 1. The van der Waals surface area contributed by atoms with Crippen LogP contribution in [0.25, 0.3) is 11.0 Å². The maximum Gasteiger partial charge on any atom is 0.121 e. The average molecular weight is 391 g/mol. The lowest BCUT2D eigenvalue weighted by molar-refractivity contribution is 0.313. The third-order valence-electron chi connectivity index (χ3n) is 6.35. The van der Waals surface area contributed by atoms with Crippen LogP contribution in [0.3, 0.4) is 0 Å². The second-order valence-electron chi connectivity index (χ2n) is 8.37. The van der Waals surface area contributed by atoms with Gasteiger partial charge in [-0.3, -0.25) is 4.98 Å². The van der Waals surface area contributed by atoms with E-state index in [2.05, 4.69) is 57.5 Å². The summed E-state index contributed by atoms with van der Waals surface area (Å²) in [7, 11) is 2.19. The highest BCUT2D eigenvalue weighted by Gasteiger charge is 2.21. The van der Waals surface area contributed by atoms with Gasteiger partial charge in [-0.05, 0) is 50.1 Å². The van der Waals surface area contributed by atoms with Crippen LogP contribution >= 0.6 is 0 Å². The number of imidazole rings is 1. The Morgan fingerprint density at radius 2 is 2.00 bits per heavy atom. The molecule has 1 aliphatic carbocycles. The average Bonchev–Trinajstić information content (AvgIpc) is 3.06. The molecule has 2 N–H and O–H groups in total. The van der Waals surface area contributed by atoms with E-state index in [9.17, 15) is 0 Å². The van der Waals surface area contributed by atoms with Gasteiger partial charge in [-0.2, -0.15) is 0 Å². The zero-order chi connectivity index (χ0) is 19.6. The summed E-state index contributed by atoms with van der Waals surface area (Å²) in [6.45, 7) is 5.07. The van der Waals surface area contributed by atoms with Crippen LogP contribution < -0.4 is 10.2 Å². The summed E-state index contributed by atoms with van der Waals surface area (Å²) in [6.07, 6.45) is 6.68. The largest absolute Gasteiger partial charge is 0.367 e. The minimum atomic E-state index is 0.305. The number of nitrogens with zero attached hydrogens (tertiary/aromatic N) is 4. The van der Waals surface area contributed by atoms with Gasteiger partial charge in [-0.15, -0.1) is 0 Å². The van der Waals surface area contributed by atoms with Crippen molar-refractivity contribution < 1.29 is 0 Å². The lowest BCUT2D eigenvalue weighted by Crippen LogP contribution is -2.44. The van der Waals surface area contributed by atoms with Gasteiger partial charge in [0.15, 0.2) is 0 Å². The molecule has 0 radical (unpaired) electrons.